The summed E-state index contributed by atoms with van der Waals surface area (Å²) in [7, 11) is 0. The lowest BCUT2D eigenvalue weighted by atomic mass is 9.92. The molecule has 2 aromatic heterocycles. The maximum absolute atomic E-state index is 5.27. The van der Waals surface area contributed by atoms with Gasteiger partial charge < -0.3 is 0 Å². The number of benzene rings is 10. The zero-order chi connectivity index (χ0) is 41.0. The monoisotopic (exact) mass is 787 g/mol. The van der Waals surface area contributed by atoms with Gasteiger partial charge in [-0.2, -0.15) is 0 Å². The van der Waals surface area contributed by atoms with Gasteiger partial charge in [0.25, 0.3) is 0 Å². The molecule has 3 nitrogen and oxygen atoms in total. The van der Waals surface area contributed by atoms with E-state index >= 15 is 0 Å². The van der Waals surface area contributed by atoms with Gasteiger partial charge in [0, 0.05) is 40.0 Å². The summed E-state index contributed by atoms with van der Waals surface area (Å²) in [6.45, 7) is 0. The van der Waals surface area contributed by atoms with Crippen molar-refractivity contribution >= 4 is 53.9 Å². The minimum Gasteiger partial charge on any atom is -0.263 e. The molecule has 0 unspecified atom stereocenters. The summed E-state index contributed by atoms with van der Waals surface area (Å²) in [5.41, 5.74) is 11.7. The molecular formula is C59H37N3. The second kappa shape index (κ2) is 14.8. The van der Waals surface area contributed by atoms with Gasteiger partial charge in [-0.3, -0.25) is 4.98 Å². The first-order valence-corrected chi connectivity index (χ1v) is 21.1. The van der Waals surface area contributed by atoms with Crippen LogP contribution in [-0.4, -0.2) is 15.0 Å². The zero-order valence-corrected chi connectivity index (χ0v) is 33.7. The van der Waals surface area contributed by atoms with Crippen LogP contribution in [0.15, 0.2) is 225 Å². The summed E-state index contributed by atoms with van der Waals surface area (Å²) in [5, 5.41) is 12.3. The molecule has 12 aromatic rings. The molecule has 10 aromatic carbocycles. The standard InChI is InChI=1S/C59H37N3/c1-4-14-47-44(11-1)33-54(52-19-9-7-17-50(47)52)38-21-27-41(28-22-38)57-35-58(42-29-23-40(24-30-42)56-37-60-36-46-13-3-6-16-49(46)56)62-59(61-57)43-31-25-39(26-32-43)55-34-45-12-2-5-15-48(45)51-18-8-10-20-53(51)55/h1-37H. The average Bonchev–Trinajstić information content (AvgIpc) is 3.36. The van der Waals surface area contributed by atoms with E-state index in [2.05, 4.69) is 217 Å². The van der Waals surface area contributed by atoms with E-state index in [9.17, 15) is 0 Å². The highest BCUT2D eigenvalue weighted by atomic mass is 14.9. The second-order valence-corrected chi connectivity index (χ2v) is 16.0. The molecule has 2 heterocycles. The molecular weight excluding hydrogens is 751 g/mol. The molecule has 12 rings (SSSR count). The fourth-order valence-electron chi connectivity index (χ4n) is 9.24. The Balaban J connectivity index is 0.961. The quantitative estimate of drug-likeness (QED) is 0.158. The van der Waals surface area contributed by atoms with Crippen LogP contribution in [0.5, 0.6) is 0 Å². The van der Waals surface area contributed by atoms with Gasteiger partial charge in [0.1, 0.15) is 0 Å². The molecule has 288 valence electrons. The van der Waals surface area contributed by atoms with Crippen molar-refractivity contribution in [3.8, 4) is 67.3 Å². The third kappa shape index (κ3) is 6.18. The van der Waals surface area contributed by atoms with E-state index in [1.165, 1.54) is 65.2 Å². The van der Waals surface area contributed by atoms with Gasteiger partial charge in [0.15, 0.2) is 5.82 Å². The number of nitrogens with zero attached hydrogens (tertiary/aromatic N) is 3. The van der Waals surface area contributed by atoms with Gasteiger partial charge in [-0.1, -0.05) is 194 Å². The van der Waals surface area contributed by atoms with Crippen molar-refractivity contribution < 1.29 is 0 Å². The predicted octanol–water partition coefficient (Wildman–Crippen LogP) is 15.6. The van der Waals surface area contributed by atoms with Crippen LogP contribution in [0.4, 0.5) is 0 Å². The van der Waals surface area contributed by atoms with Crippen molar-refractivity contribution in [1.29, 1.82) is 0 Å². The fourth-order valence-corrected chi connectivity index (χ4v) is 9.24. The van der Waals surface area contributed by atoms with Crippen LogP contribution in [0.3, 0.4) is 0 Å². The Morgan fingerprint density at radius 1 is 0.242 bits per heavy atom. The van der Waals surface area contributed by atoms with Crippen LogP contribution in [0.25, 0.3) is 121 Å². The highest BCUT2D eigenvalue weighted by molar-refractivity contribution is 6.15. The van der Waals surface area contributed by atoms with E-state index in [-0.39, 0.29) is 0 Å². The predicted molar refractivity (Wildman–Crippen MR) is 260 cm³/mol. The van der Waals surface area contributed by atoms with Crippen LogP contribution in [-0.2, 0) is 0 Å². The molecule has 0 aliphatic carbocycles. The molecule has 0 saturated heterocycles. The van der Waals surface area contributed by atoms with Crippen molar-refractivity contribution in [3.05, 3.63) is 225 Å². The Kier molecular flexibility index (Phi) is 8.50. The number of rotatable bonds is 6. The normalized spacial score (nSPS) is 11.5. The molecule has 0 fully saturated rings. The molecule has 0 spiro atoms. The number of hydrogen-bond acceptors (Lipinski definition) is 3. The van der Waals surface area contributed by atoms with Crippen LogP contribution in [0.1, 0.15) is 0 Å². The largest absolute Gasteiger partial charge is 0.263 e. The average molecular weight is 788 g/mol. The molecule has 0 radical (unpaired) electrons. The first-order valence-electron chi connectivity index (χ1n) is 21.1. The van der Waals surface area contributed by atoms with Crippen LogP contribution >= 0.6 is 0 Å². The second-order valence-electron chi connectivity index (χ2n) is 16.0. The van der Waals surface area contributed by atoms with Crippen LogP contribution in [0, 0.1) is 0 Å². The maximum atomic E-state index is 5.27. The lowest BCUT2D eigenvalue weighted by Crippen LogP contribution is -1.96. The van der Waals surface area contributed by atoms with Gasteiger partial charge in [0.2, 0.25) is 0 Å². The molecule has 0 N–H and O–H groups in total. The number of pyridine rings is 1. The fraction of sp³-hybridized carbons (Fsp3) is 0. The Morgan fingerprint density at radius 2 is 0.613 bits per heavy atom. The summed E-state index contributed by atoms with van der Waals surface area (Å²) in [6.07, 6.45) is 3.87. The molecule has 0 amide bonds. The Morgan fingerprint density at radius 3 is 1.11 bits per heavy atom. The van der Waals surface area contributed by atoms with Gasteiger partial charge in [-0.15, -0.1) is 0 Å². The summed E-state index contributed by atoms with van der Waals surface area (Å²) in [5.74, 6) is 0.680. The van der Waals surface area contributed by atoms with E-state index in [1.807, 2.05) is 12.4 Å². The topological polar surface area (TPSA) is 38.7 Å². The first-order chi connectivity index (χ1) is 30.7. The van der Waals surface area contributed by atoms with Crippen molar-refractivity contribution in [1.82, 2.24) is 15.0 Å². The SMILES string of the molecule is c1ccc2c(-c3ccc(-c4cc(-c5ccc(-c6cc7ccccc7c7ccccc67)cc5)nc(-c5ccc(-c6cc7ccccc7c7ccccc67)cc5)n4)cc3)cncc2c1. The van der Waals surface area contributed by atoms with E-state index < -0.39 is 0 Å². The van der Waals surface area contributed by atoms with Crippen molar-refractivity contribution in [2.24, 2.45) is 0 Å². The Bertz CT molecular complexity index is 3480. The van der Waals surface area contributed by atoms with Gasteiger partial charge in [-0.25, -0.2) is 9.97 Å². The molecule has 0 aliphatic rings. The molecule has 0 atom stereocenters. The van der Waals surface area contributed by atoms with Crippen molar-refractivity contribution in [3.63, 3.8) is 0 Å². The lowest BCUT2D eigenvalue weighted by Gasteiger charge is -2.13. The van der Waals surface area contributed by atoms with E-state index in [4.69, 9.17) is 9.97 Å². The maximum Gasteiger partial charge on any atom is 0.160 e. The minimum atomic E-state index is 0.680. The van der Waals surface area contributed by atoms with Crippen molar-refractivity contribution in [2.45, 2.75) is 0 Å². The van der Waals surface area contributed by atoms with E-state index in [0.29, 0.717) is 5.82 Å². The van der Waals surface area contributed by atoms with Crippen LogP contribution < -0.4 is 0 Å². The molecule has 0 bridgehead atoms. The van der Waals surface area contributed by atoms with E-state index in [0.717, 1.165) is 50.2 Å². The Labute approximate surface area is 359 Å². The number of hydrogen-bond donors (Lipinski definition) is 0. The highest BCUT2D eigenvalue weighted by Crippen LogP contribution is 2.39. The summed E-state index contributed by atoms with van der Waals surface area (Å²) >= 11 is 0. The third-order valence-corrected chi connectivity index (χ3v) is 12.4. The number of fused-ring (bicyclic) bond motifs is 7. The number of aromatic nitrogens is 3. The first kappa shape index (κ1) is 35.7. The lowest BCUT2D eigenvalue weighted by molar-refractivity contribution is 1.18. The summed E-state index contributed by atoms with van der Waals surface area (Å²) < 4.78 is 0. The molecule has 0 saturated carbocycles. The smallest absolute Gasteiger partial charge is 0.160 e. The Hall–Kier alpha value is -8.27. The zero-order valence-electron chi connectivity index (χ0n) is 33.7. The molecule has 0 aliphatic heterocycles. The third-order valence-electron chi connectivity index (χ3n) is 12.4. The minimum absolute atomic E-state index is 0.680. The van der Waals surface area contributed by atoms with Gasteiger partial charge >= 0.3 is 0 Å². The van der Waals surface area contributed by atoms with Crippen molar-refractivity contribution in [2.75, 3.05) is 0 Å². The summed E-state index contributed by atoms with van der Waals surface area (Å²) in [4.78, 5) is 15.1. The molecule has 3 heteroatoms. The molecule has 62 heavy (non-hydrogen) atoms. The van der Waals surface area contributed by atoms with Crippen LogP contribution in [0.2, 0.25) is 0 Å². The van der Waals surface area contributed by atoms with Gasteiger partial charge in [0.05, 0.1) is 11.4 Å². The van der Waals surface area contributed by atoms with Gasteiger partial charge in [-0.05, 0) is 94.5 Å². The van der Waals surface area contributed by atoms with E-state index in [1.54, 1.807) is 0 Å². The summed E-state index contributed by atoms with van der Waals surface area (Å²) in [6, 6.07) is 76.0. The highest BCUT2D eigenvalue weighted by Gasteiger charge is 2.15.